The van der Waals surface area contributed by atoms with Crippen LogP contribution in [0.3, 0.4) is 0 Å². The number of para-hydroxylation sites is 1. The van der Waals surface area contributed by atoms with Crippen LogP contribution in [-0.4, -0.2) is 49.3 Å². The highest BCUT2D eigenvalue weighted by molar-refractivity contribution is 8.18. The van der Waals surface area contributed by atoms with Crippen LogP contribution in [0.25, 0.3) is 6.08 Å². The molecular formula is C28H26FN3O5S. The number of ether oxygens (including phenoxy) is 3. The molecule has 0 aromatic heterocycles. The number of nitrogens with one attached hydrogen (secondary N) is 1. The lowest BCUT2D eigenvalue weighted by atomic mass is 10.1. The Bertz CT molecular complexity index is 1370. The Hall–Kier alpha value is -4.31. The molecular weight excluding hydrogens is 509 g/mol. The van der Waals surface area contributed by atoms with Crippen LogP contribution in [0, 0.1) is 5.82 Å². The van der Waals surface area contributed by atoms with Crippen molar-refractivity contribution in [1.29, 1.82) is 0 Å². The smallest absolute Gasteiger partial charge is 0.266 e. The number of likely N-dealkylation sites (N-methyl/N-ethyl adjacent to an activating group) is 1. The van der Waals surface area contributed by atoms with Crippen molar-refractivity contribution in [3.8, 4) is 17.2 Å². The minimum atomic E-state index is -0.432. The number of rotatable bonds is 9. The molecule has 4 rings (SSSR count). The fourth-order valence-corrected chi connectivity index (χ4v) is 4.66. The molecule has 1 heterocycles. The van der Waals surface area contributed by atoms with Crippen LogP contribution in [0.2, 0.25) is 0 Å². The van der Waals surface area contributed by atoms with Crippen LogP contribution in [0.5, 0.6) is 17.2 Å². The number of aliphatic imine (C=N–C) groups is 1. The minimum absolute atomic E-state index is 0.187. The number of carbonyl (C=O) groups is 2. The highest BCUT2D eigenvalue weighted by atomic mass is 32.2. The molecule has 0 bridgehead atoms. The molecule has 2 amide bonds. The van der Waals surface area contributed by atoms with Crippen LogP contribution in [-0.2, 0) is 9.59 Å². The number of hydrogen-bond acceptors (Lipinski definition) is 7. The summed E-state index contributed by atoms with van der Waals surface area (Å²) in [7, 11) is 3.09. The molecule has 8 nitrogen and oxygen atoms in total. The first kappa shape index (κ1) is 26.7. The Labute approximate surface area is 224 Å². The molecule has 1 aliphatic heterocycles. The lowest BCUT2D eigenvalue weighted by Gasteiger charge is -2.14. The number of methoxy groups -OCH3 is 2. The van der Waals surface area contributed by atoms with E-state index in [0.29, 0.717) is 50.8 Å². The normalized spacial score (nSPS) is 15.2. The second-order valence-corrected chi connectivity index (χ2v) is 8.98. The van der Waals surface area contributed by atoms with Crippen molar-refractivity contribution in [2.45, 2.75) is 6.92 Å². The molecule has 196 valence electrons. The number of thioether (sulfide) groups is 1. The average molecular weight is 536 g/mol. The summed E-state index contributed by atoms with van der Waals surface area (Å²) >= 11 is 1.25. The maximum atomic E-state index is 13.2. The summed E-state index contributed by atoms with van der Waals surface area (Å²) in [4.78, 5) is 32.3. The van der Waals surface area contributed by atoms with Gasteiger partial charge in [0.15, 0.2) is 23.3 Å². The van der Waals surface area contributed by atoms with E-state index < -0.39 is 11.7 Å². The molecule has 0 spiro atoms. The topological polar surface area (TPSA) is 89.5 Å². The Morgan fingerprint density at radius 1 is 1.05 bits per heavy atom. The molecule has 3 aromatic carbocycles. The number of benzene rings is 3. The van der Waals surface area contributed by atoms with Gasteiger partial charge < -0.3 is 19.5 Å². The van der Waals surface area contributed by atoms with E-state index in [1.165, 1.54) is 43.1 Å². The van der Waals surface area contributed by atoms with Crippen molar-refractivity contribution in [2.75, 3.05) is 32.7 Å². The number of halogens is 1. The van der Waals surface area contributed by atoms with E-state index in [-0.39, 0.29) is 12.5 Å². The summed E-state index contributed by atoms with van der Waals surface area (Å²) in [6, 6.07) is 17.9. The molecule has 3 aromatic rings. The second kappa shape index (κ2) is 12.3. The van der Waals surface area contributed by atoms with Crippen LogP contribution < -0.4 is 19.5 Å². The zero-order valence-corrected chi connectivity index (χ0v) is 21.9. The predicted molar refractivity (Wildman–Crippen MR) is 147 cm³/mol. The Morgan fingerprint density at radius 2 is 1.79 bits per heavy atom. The van der Waals surface area contributed by atoms with Gasteiger partial charge in [-0.05, 0) is 79.4 Å². The highest BCUT2D eigenvalue weighted by Gasteiger charge is 2.32. The number of nitrogens with zero attached hydrogens (tertiary/aromatic N) is 2. The standard InChI is InChI=1S/C28H26FN3O5S/c1-4-32-27(34)24(38-28(32)31-21-12-14-22(35-2)15-13-21)16-18-6-5-7-23(36-3)26(18)37-17-25(33)30-20-10-8-19(29)9-11-20/h5-16H,4,17H2,1-3H3,(H,30,33)/b24-16+,31-28?. The van der Waals surface area contributed by atoms with Crippen LogP contribution in [0.15, 0.2) is 76.6 Å². The van der Waals surface area contributed by atoms with Crippen LogP contribution in [0.4, 0.5) is 15.8 Å². The van der Waals surface area contributed by atoms with Crippen LogP contribution in [0.1, 0.15) is 12.5 Å². The lowest BCUT2D eigenvalue weighted by Crippen LogP contribution is -2.28. The first-order chi connectivity index (χ1) is 18.4. The van der Waals surface area contributed by atoms with E-state index in [2.05, 4.69) is 10.3 Å². The van der Waals surface area contributed by atoms with Gasteiger partial charge >= 0.3 is 0 Å². The fraction of sp³-hybridized carbons (Fsp3) is 0.179. The number of carbonyl (C=O) groups excluding carboxylic acids is 2. The minimum Gasteiger partial charge on any atom is -0.497 e. The Balaban J connectivity index is 1.56. The molecule has 1 saturated heterocycles. The predicted octanol–water partition coefficient (Wildman–Crippen LogP) is 5.48. The maximum Gasteiger partial charge on any atom is 0.266 e. The van der Waals surface area contributed by atoms with Crippen molar-refractivity contribution < 1.29 is 28.2 Å². The van der Waals surface area contributed by atoms with Gasteiger partial charge in [0, 0.05) is 17.8 Å². The van der Waals surface area contributed by atoms with E-state index >= 15 is 0 Å². The average Bonchev–Trinajstić information content (AvgIpc) is 3.22. The molecule has 0 saturated carbocycles. The molecule has 1 fully saturated rings. The van der Waals surface area contributed by atoms with E-state index in [1.807, 2.05) is 19.1 Å². The number of amides is 2. The molecule has 10 heteroatoms. The fourth-order valence-electron chi connectivity index (χ4n) is 3.61. The quantitative estimate of drug-likeness (QED) is 0.365. The summed E-state index contributed by atoms with van der Waals surface area (Å²) in [5, 5.41) is 3.20. The van der Waals surface area contributed by atoms with Gasteiger partial charge in [-0.1, -0.05) is 12.1 Å². The molecule has 1 N–H and O–H groups in total. The van der Waals surface area contributed by atoms with E-state index in [1.54, 1.807) is 48.4 Å². The van der Waals surface area contributed by atoms with Gasteiger partial charge in [-0.25, -0.2) is 9.38 Å². The van der Waals surface area contributed by atoms with Gasteiger partial charge in [0.25, 0.3) is 11.8 Å². The molecule has 0 atom stereocenters. The van der Waals surface area contributed by atoms with Gasteiger partial charge in [-0.3, -0.25) is 14.5 Å². The van der Waals surface area contributed by atoms with Gasteiger partial charge in [-0.2, -0.15) is 0 Å². The second-order valence-electron chi connectivity index (χ2n) is 7.97. The Kier molecular flexibility index (Phi) is 8.65. The van der Waals surface area contributed by atoms with Crippen molar-refractivity contribution in [1.82, 2.24) is 4.90 Å². The largest absolute Gasteiger partial charge is 0.497 e. The first-order valence-electron chi connectivity index (χ1n) is 11.7. The summed E-state index contributed by atoms with van der Waals surface area (Å²) in [5.74, 6) is 0.418. The third kappa shape index (κ3) is 6.33. The first-order valence-corrected chi connectivity index (χ1v) is 12.5. The molecule has 0 aliphatic carbocycles. The molecule has 0 radical (unpaired) electrons. The number of amidine groups is 1. The number of hydrogen-bond donors (Lipinski definition) is 1. The highest BCUT2D eigenvalue weighted by Crippen LogP contribution is 2.38. The van der Waals surface area contributed by atoms with Crippen molar-refractivity contribution in [3.63, 3.8) is 0 Å². The molecule has 1 aliphatic rings. The lowest BCUT2D eigenvalue weighted by molar-refractivity contribution is -0.122. The third-order valence-corrected chi connectivity index (χ3v) is 6.50. The monoisotopic (exact) mass is 535 g/mol. The summed E-state index contributed by atoms with van der Waals surface area (Å²) in [6.07, 6.45) is 1.70. The molecule has 0 unspecified atom stereocenters. The number of anilines is 1. The van der Waals surface area contributed by atoms with Crippen molar-refractivity contribution in [3.05, 3.63) is 83.0 Å². The summed E-state index contributed by atoms with van der Waals surface area (Å²) in [5.41, 5.74) is 1.70. The van der Waals surface area contributed by atoms with E-state index in [4.69, 9.17) is 14.2 Å². The molecule has 38 heavy (non-hydrogen) atoms. The van der Waals surface area contributed by atoms with E-state index in [9.17, 15) is 14.0 Å². The zero-order chi connectivity index (χ0) is 27.1. The van der Waals surface area contributed by atoms with Crippen molar-refractivity contribution >= 4 is 46.2 Å². The van der Waals surface area contributed by atoms with Crippen LogP contribution >= 0.6 is 11.8 Å². The summed E-state index contributed by atoms with van der Waals surface area (Å²) < 4.78 is 29.6. The summed E-state index contributed by atoms with van der Waals surface area (Å²) in [6.45, 7) is 2.01. The Morgan fingerprint density at radius 3 is 2.45 bits per heavy atom. The van der Waals surface area contributed by atoms with Gasteiger partial charge in [0.2, 0.25) is 0 Å². The van der Waals surface area contributed by atoms with Gasteiger partial charge in [0.05, 0.1) is 24.8 Å². The van der Waals surface area contributed by atoms with E-state index in [0.717, 1.165) is 0 Å². The SMILES string of the molecule is CCN1C(=O)/C(=C\c2cccc(OC)c2OCC(=O)Nc2ccc(F)cc2)SC1=Nc1ccc(OC)cc1. The third-order valence-electron chi connectivity index (χ3n) is 5.49. The zero-order valence-electron chi connectivity index (χ0n) is 21.1. The van der Waals surface area contributed by atoms with Crippen molar-refractivity contribution in [2.24, 2.45) is 4.99 Å². The maximum absolute atomic E-state index is 13.2. The van der Waals surface area contributed by atoms with Gasteiger partial charge in [0.1, 0.15) is 11.6 Å². The van der Waals surface area contributed by atoms with Gasteiger partial charge in [-0.15, -0.1) is 0 Å².